The van der Waals surface area contributed by atoms with Crippen LogP contribution in [0.5, 0.6) is 0 Å². The Kier molecular flexibility index (Phi) is 3.54. The van der Waals surface area contributed by atoms with Crippen molar-refractivity contribution < 1.29 is 4.79 Å². The van der Waals surface area contributed by atoms with Crippen molar-refractivity contribution in [2.24, 2.45) is 0 Å². The van der Waals surface area contributed by atoms with Crippen LogP contribution in [-0.4, -0.2) is 20.3 Å². The second-order valence-electron chi connectivity index (χ2n) is 4.83. The van der Waals surface area contributed by atoms with Crippen molar-refractivity contribution in [3.05, 3.63) is 44.8 Å². The van der Waals surface area contributed by atoms with E-state index >= 15 is 0 Å². The lowest BCUT2D eigenvalue weighted by molar-refractivity contribution is 0.102. The fraction of sp³-hybridized carbons (Fsp3) is 0.214. The topological polar surface area (TPSA) is 59.3 Å². The van der Waals surface area contributed by atoms with E-state index in [4.69, 9.17) is 0 Å². The molecule has 108 valence electrons. The molecule has 1 amide bonds. The van der Waals surface area contributed by atoms with Crippen molar-refractivity contribution in [3.63, 3.8) is 0 Å². The summed E-state index contributed by atoms with van der Waals surface area (Å²) >= 11 is 4.87. The van der Waals surface area contributed by atoms with Gasteiger partial charge in [-0.2, -0.15) is 0 Å². The first-order valence-electron chi connectivity index (χ1n) is 6.34. The maximum atomic E-state index is 12.5. The molecule has 3 aromatic rings. The lowest BCUT2D eigenvalue weighted by Crippen LogP contribution is -2.15. The molecule has 21 heavy (non-hydrogen) atoms. The number of fused-ring (bicyclic) bond motifs is 1. The predicted molar refractivity (Wildman–Crippen MR) is 87.2 cm³/mol. The average Bonchev–Trinajstić information content (AvgIpc) is 2.92. The number of nitrogens with one attached hydrogen (secondary N) is 1. The van der Waals surface area contributed by atoms with Gasteiger partial charge in [-0.1, -0.05) is 0 Å². The standard InChI is InChI=1S/C14H13BrN4OS/c1-7-4-10(15)5-19-11(9(3)17-12(7)19)13(20)18-14-16-8(2)6-21-14/h4-6H,1-3H3,(H,16,18,20). The minimum absolute atomic E-state index is 0.202. The fourth-order valence-corrected chi connectivity index (χ4v) is 3.45. The molecule has 0 aliphatic rings. The maximum Gasteiger partial charge on any atom is 0.276 e. The zero-order valence-corrected chi connectivity index (χ0v) is 14.2. The third-order valence-electron chi connectivity index (χ3n) is 3.10. The van der Waals surface area contributed by atoms with Crippen molar-refractivity contribution in [3.8, 4) is 0 Å². The van der Waals surface area contributed by atoms with E-state index in [0.29, 0.717) is 16.5 Å². The van der Waals surface area contributed by atoms with Gasteiger partial charge in [-0.15, -0.1) is 11.3 Å². The van der Waals surface area contributed by atoms with Crippen LogP contribution in [-0.2, 0) is 0 Å². The van der Waals surface area contributed by atoms with Crippen LogP contribution < -0.4 is 5.32 Å². The molecule has 0 aliphatic heterocycles. The number of nitrogens with zero attached hydrogens (tertiary/aromatic N) is 3. The number of rotatable bonds is 2. The Labute approximate surface area is 134 Å². The van der Waals surface area contributed by atoms with E-state index in [1.807, 2.05) is 42.8 Å². The molecular weight excluding hydrogens is 352 g/mol. The summed E-state index contributed by atoms with van der Waals surface area (Å²) in [7, 11) is 0. The monoisotopic (exact) mass is 364 g/mol. The highest BCUT2D eigenvalue weighted by molar-refractivity contribution is 9.10. The quantitative estimate of drug-likeness (QED) is 0.753. The van der Waals surface area contributed by atoms with Crippen molar-refractivity contribution in [2.75, 3.05) is 5.32 Å². The molecule has 0 radical (unpaired) electrons. The van der Waals surface area contributed by atoms with E-state index in [1.54, 1.807) is 0 Å². The number of aromatic nitrogens is 3. The van der Waals surface area contributed by atoms with Crippen LogP contribution in [0.2, 0.25) is 0 Å². The maximum absolute atomic E-state index is 12.5. The number of imidazole rings is 1. The Morgan fingerprint density at radius 3 is 2.76 bits per heavy atom. The number of hydrogen-bond donors (Lipinski definition) is 1. The van der Waals surface area contributed by atoms with E-state index < -0.39 is 0 Å². The highest BCUT2D eigenvalue weighted by Gasteiger charge is 2.19. The molecule has 0 unspecified atom stereocenters. The van der Waals surface area contributed by atoms with Gasteiger partial charge < -0.3 is 0 Å². The lowest BCUT2D eigenvalue weighted by Gasteiger charge is -2.05. The summed E-state index contributed by atoms with van der Waals surface area (Å²) in [6.07, 6.45) is 1.85. The van der Waals surface area contributed by atoms with E-state index in [1.165, 1.54) is 11.3 Å². The number of halogens is 1. The van der Waals surface area contributed by atoms with E-state index in [0.717, 1.165) is 21.4 Å². The summed E-state index contributed by atoms with van der Waals surface area (Å²) in [4.78, 5) is 21.3. The third-order valence-corrected chi connectivity index (χ3v) is 4.41. The van der Waals surface area contributed by atoms with Gasteiger partial charge in [0.25, 0.3) is 5.91 Å². The average molecular weight is 365 g/mol. The minimum atomic E-state index is -0.202. The Morgan fingerprint density at radius 1 is 1.33 bits per heavy atom. The number of hydrogen-bond acceptors (Lipinski definition) is 4. The number of anilines is 1. The van der Waals surface area contributed by atoms with Gasteiger partial charge in [0.05, 0.1) is 11.4 Å². The molecule has 5 nitrogen and oxygen atoms in total. The number of carbonyl (C=O) groups is 1. The van der Waals surface area contributed by atoms with E-state index in [9.17, 15) is 4.79 Å². The van der Waals surface area contributed by atoms with Gasteiger partial charge in [-0.05, 0) is 48.3 Å². The third kappa shape index (κ3) is 2.58. The summed E-state index contributed by atoms with van der Waals surface area (Å²) in [5, 5.41) is 5.33. The number of carbonyl (C=O) groups excluding carboxylic acids is 1. The van der Waals surface area contributed by atoms with Crippen LogP contribution in [0, 0.1) is 20.8 Å². The van der Waals surface area contributed by atoms with Gasteiger partial charge in [0.15, 0.2) is 5.13 Å². The van der Waals surface area contributed by atoms with Crippen molar-refractivity contribution >= 4 is 44.0 Å². The molecule has 0 aliphatic carbocycles. The van der Waals surface area contributed by atoms with Crippen LogP contribution in [0.4, 0.5) is 5.13 Å². The molecule has 0 aromatic carbocycles. The normalized spacial score (nSPS) is 11.0. The number of aryl methyl sites for hydroxylation is 3. The predicted octanol–water partition coefficient (Wildman–Crippen LogP) is 3.73. The smallest absolute Gasteiger partial charge is 0.276 e. The zero-order chi connectivity index (χ0) is 15.1. The van der Waals surface area contributed by atoms with Crippen molar-refractivity contribution in [1.82, 2.24) is 14.4 Å². The molecular formula is C14H13BrN4OS. The summed E-state index contributed by atoms with van der Waals surface area (Å²) < 4.78 is 2.72. The van der Waals surface area contributed by atoms with Crippen molar-refractivity contribution in [2.45, 2.75) is 20.8 Å². The minimum Gasteiger partial charge on any atom is -0.296 e. The first-order valence-corrected chi connectivity index (χ1v) is 8.01. The molecule has 1 N–H and O–H groups in total. The second kappa shape index (κ2) is 5.23. The summed E-state index contributed by atoms with van der Waals surface area (Å²) in [5.41, 5.74) is 3.92. The van der Waals surface area contributed by atoms with Gasteiger partial charge >= 0.3 is 0 Å². The highest BCUT2D eigenvalue weighted by Crippen LogP contribution is 2.22. The molecule has 3 heterocycles. The van der Waals surface area contributed by atoms with Crippen LogP contribution >= 0.6 is 27.3 Å². The molecule has 7 heteroatoms. The molecule has 0 spiro atoms. The molecule has 0 atom stereocenters. The molecule has 3 aromatic heterocycles. The Balaban J connectivity index is 2.07. The molecule has 0 saturated heterocycles. The van der Waals surface area contributed by atoms with Crippen LogP contribution in [0.15, 0.2) is 22.1 Å². The first kappa shape index (κ1) is 14.2. The Hall–Kier alpha value is -1.73. The zero-order valence-electron chi connectivity index (χ0n) is 11.8. The van der Waals surface area contributed by atoms with Gasteiger partial charge in [-0.25, -0.2) is 9.97 Å². The molecule has 3 rings (SSSR count). The SMILES string of the molecule is Cc1csc(NC(=O)c2c(C)nc3c(C)cc(Br)cn23)n1. The van der Waals surface area contributed by atoms with Gasteiger partial charge in [0.2, 0.25) is 0 Å². The van der Waals surface area contributed by atoms with E-state index in [-0.39, 0.29) is 5.91 Å². The molecule has 0 bridgehead atoms. The van der Waals surface area contributed by atoms with E-state index in [2.05, 4.69) is 31.2 Å². The fourth-order valence-electron chi connectivity index (χ4n) is 2.22. The van der Waals surface area contributed by atoms with Gasteiger partial charge in [-0.3, -0.25) is 14.5 Å². The summed E-state index contributed by atoms with van der Waals surface area (Å²) in [6, 6.07) is 1.98. The van der Waals surface area contributed by atoms with Gasteiger partial charge in [0, 0.05) is 16.0 Å². The number of thiazole rings is 1. The molecule has 0 fully saturated rings. The van der Waals surface area contributed by atoms with Crippen LogP contribution in [0.25, 0.3) is 5.65 Å². The molecule has 0 saturated carbocycles. The van der Waals surface area contributed by atoms with Crippen molar-refractivity contribution in [1.29, 1.82) is 0 Å². The van der Waals surface area contributed by atoms with Crippen LogP contribution in [0.1, 0.15) is 27.4 Å². The number of amides is 1. The number of pyridine rings is 1. The Morgan fingerprint density at radius 2 is 2.10 bits per heavy atom. The van der Waals surface area contributed by atoms with Gasteiger partial charge in [0.1, 0.15) is 11.3 Å². The lowest BCUT2D eigenvalue weighted by atomic mass is 10.3. The second-order valence-corrected chi connectivity index (χ2v) is 6.60. The Bertz CT molecular complexity index is 852. The first-order chi connectivity index (χ1) is 9.95. The highest BCUT2D eigenvalue weighted by atomic mass is 79.9. The van der Waals surface area contributed by atoms with Crippen LogP contribution in [0.3, 0.4) is 0 Å². The summed E-state index contributed by atoms with van der Waals surface area (Å²) in [5.74, 6) is -0.202. The summed E-state index contributed by atoms with van der Waals surface area (Å²) in [6.45, 7) is 5.70. The largest absolute Gasteiger partial charge is 0.296 e.